The van der Waals surface area contributed by atoms with Crippen LogP contribution in [0.4, 0.5) is 8.78 Å². The van der Waals surface area contributed by atoms with Crippen molar-refractivity contribution in [3.63, 3.8) is 0 Å². The third-order valence-electron chi connectivity index (χ3n) is 4.45. The van der Waals surface area contributed by atoms with Crippen LogP contribution in [0.3, 0.4) is 0 Å². The summed E-state index contributed by atoms with van der Waals surface area (Å²) in [5.74, 6) is -0.784. The van der Waals surface area contributed by atoms with Crippen LogP contribution in [0.15, 0.2) is 53.6 Å². The standard InChI is InChI=1S/C18H16F2N4O/c19-14-6-4-13(5-7-14)16-9-17-18(25)23(21-11-24(17)22-16)10-12-2-1-3-15(20)8-12/h1-8,11,16-17,22H,9-10H2. The van der Waals surface area contributed by atoms with Gasteiger partial charge >= 0.3 is 0 Å². The fourth-order valence-corrected chi connectivity index (χ4v) is 3.17. The summed E-state index contributed by atoms with van der Waals surface area (Å²) >= 11 is 0. The number of hydrogen-bond donors (Lipinski definition) is 1. The van der Waals surface area contributed by atoms with E-state index in [2.05, 4.69) is 10.5 Å². The summed E-state index contributed by atoms with van der Waals surface area (Å²) in [6, 6.07) is 11.9. The molecule has 2 aromatic rings. The van der Waals surface area contributed by atoms with Gasteiger partial charge in [0.15, 0.2) is 0 Å². The van der Waals surface area contributed by atoms with Gasteiger partial charge in [-0.15, -0.1) is 0 Å². The van der Waals surface area contributed by atoms with Gasteiger partial charge in [0, 0.05) is 0 Å². The van der Waals surface area contributed by atoms with Crippen LogP contribution in [0, 0.1) is 11.6 Å². The van der Waals surface area contributed by atoms with E-state index in [0.717, 1.165) is 5.56 Å². The number of carbonyl (C=O) groups excluding carboxylic acids is 1. The van der Waals surface area contributed by atoms with Gasteiger partial charge in [0.2, 0.25) is 0 Å². The Morgan fingerprint density at radius 1 is 1.12 bits per heavy atom. The van der Waals surface area contributed by atoms with Crippen molar-refractivity contribution in [1.29, 1.82) is 0 Å². The van der Waals surface area contributed by atoms with Gasteiger partial charge in [-0.05, 0) is 41.8 Å². The monoisotopic (exact) mass is 342 g/mol. The second-order valence-electron chi connectivity index (χ2n) is 6.15. The molecule has 1 fully saturated rings. The van der Waals surface area contributed by atoms with Crippen LogP contribution < -0.4 is 5.43 Å². The molecule has 5 nitrogen and oxygen atoms in total. The Balaban J connectivity index is 1.49. The highest BCUT2D eigenvalue weighted by molar-refractivity contribution is 5.87. The van der Waals surface area contributed by atoms with Gasteiger partial charge in [0.05, 0.1) is 12.6 Å². The molecule has 2 aliphatic heterocycles. The molecule has 4 rings (SSSR count). The summed E-state index contributed by atoms with van der Waals surface area (Å²) in [7, 11) is 0. The molecular weight excluding hydrogens is 326 g/mol. The molecular formula is C18H16F2N4O. The van der Waals surface area contributed by atoms with Crippen molar-refractivity contribution >= 4 is 12.2 Å². The van der Waals surface area contributed by atoms with E-state index in [1.165, 1.54) is 29.3 Å². The number of halogens is 2. The van der Waals surface area contributed by atoms with Crippen molar-refractivity contribution in [3.8, 4) is 0 Å². The van der Waals surface area contributed by atoms with E-state index in [9.17, 15) is 13.6 Å². The Hall–Kier alpha value is -2.80. The predicted octanol–water partition coefficient (Wildman–Crippen LogP) is 2.57. The van der Waals surface area contributed by atoms with E-state index < -0.39 is 0 Å². The fourth-order valence-electron chi connectivity index (χ4n) is 3.17. The summed E-state index contributed by atoms with van der Waals surface area (Å²) in [6.07, 6.45) is 2.12. The summed E-state index contributed by atoms with van der Waals surface area (Å²) in [5.41, 5.74) is 4.80. The molecule has 0 radical (unpaired) electrons. The minimum atomic E-state index is -0.388. The highest BCUT2D eigenvalue weighted by Gasteiger charge is 2.40. The molecule has 1 saturated heterocycles. The summed E-state index contributed by atoms with van der Waals surface area (Å²) in [5, 5.41) is 7.19. The van der Waals surface area contributed by atoms with E-state index in [-0.39, 0.29) is 36.2 Å². The Labute approximate surface area is 143 Å². The summed E-state index contributed by atoms with van der Waals surface area (Å²) in [6.45, 7) is 0.221. The maximum Gasteiger partial charge on any atom is 0.267 e. The van der Waals surface area contributed by atoms with Crippen molar-refractivity contribution in [3.05, 3.63) is 71.3 Å². The zero-order valence-electron chi connectivity index (χ0n) is 13.3. The van der Waals surface area contributed by atoms with Crippen LogP contribution >= 0.6 is 0 Å². The molecule has 1 amide bonds. The molecule has 0 saturated carbocycles. The number of hydrazine groups is 1. The Morgan fingerprint density at radius 2 is 1.92 bits per heavy atom. The Kier molecular flexibility index (Phi) is 3.93. The van der Waals surface area contributed by atoms with Gasteiger partial charge in [-0.25, -0.2) is 19.2 Å². The number of fused-ring (bicyclic) bond motifs is 1. The molecule has 0 aliphatic carbocycles. The van der Waals surface area contributed by atoms with Crippen LogP contribution in [0.1, 0.15) is 23.6 Å². The molecule has 7 heteroatoms. The molecule has 128 valence electrons. The smallest absolute Gasteiger partial charge is 0.267 e. The second kappa shape index (κ2) is 6.25. The second-order valence-corrected chi connectivity index (χ2v) is 6.15. The molecule has 2 atom stereocenters. The van der Waals surface area contributed by atoms with Crippen LogP contribution in [0.5, 0.6) is 0 Å². The summed E-state index contributed by atoms with van der Waals surface area (Å²) in [4.78, 5) is 12.7. The minimum Gasteiger partial charge on any atom is -0.283 e. The third kappa shape index (κ3) is 3.10. The zero-order chi connectivity index (χ0) is 17.4. The molecule has 2 heterocycles. The number of benzene rings is 2. The normalized spacial score (nSPS) is 22.4. The minimum absolute atomic E-state index is 0.0879. The molecule has 2 aliphatic rings. The highest BCUT2D eigenvalue weighted by atomic mass is 19.1. The van der Waals surface area contributed by atoms with Gasteiger partial charge in [0.1, 0.15) is 24.0 Å². The van der Waals surface area contributed by atoms with E-state index in [1.807, 2.05) is 0 Å². The number of nitrogens with zero attached hydrogens (tertiary/aromatic N) is 3. The van der Waals surface area contributed by atoms with E-state index in [1.54, 1.807) is 35.6 Å². The van der Waals surface area contributed by atoms with Crippen molar-refractivity contribution in [2.45, 2.75) is 25.0 Å². The maximum absolute atomic E-state index is 13.3. The average molecular weight is 342 g/mol. The zero-order valence-corrected chi connectivity index (χ0v) is 13.3. The Bertz CT molecular complexity index is 824. The van der Waals surface area contributed by atoms with E-state index in [4.69, 9.17) is 0 Å². The number of carbonyl (C=O) groups is 1. The Morgan fingerprint density at radius 3 is 2.68 bits per heavy atom. The quantitative estimate of drug-likeness (QED) is 0.933. The van der Waals surface area contributed by atoms with Crippen LogP contribution in [0.25, 0.3) is 0 Å². The van der Waals surface area contributed by atoms with Crippen LogP contribution in [-0.2, 0) is 11.3 Å². The number of amides is 1. The third-order valence-corrected chi connectivity index (χ3v) is 4.45. The van der Waals surface area contributed by atoms with Crippen molar-refractivity contribution in [2.24, 2.45) is 5.10 Å². The lowest BCUT2D eigenvalue weighted by Crippen LogP contribution is -2.50. The summed E-state index contributed by atoms with van der Waals surface area (Å²) < 4.78 is 26.4. The highest BCUT2D eigenvalue weighted by Crippen LogP contribution is 2.30. The molecule has 0 bridgehead atoms. The van der Waals surface area contributed by atoms with Crippen molar-refractivity contribution in [2.75, 3.05) is 0 Å². The lowest BCUT2D eigenvalue weighted by Gasteiger charge is -2.30. The van der Waals surface area contributed by atoms with Gasteiger partial charge in [-0.1, -0.05) is 24.3 Å². The van der Waals surface area contributed by atoms with Crippen LogP contribution in [0.2, 0.25) is 0 Å². The molecule has 0 aromatic heterocycles. The number of hydrazone groups is 1. The maximum atomic E-state index is 13.3. The van der Waals surface area contributed by atoms with Gasteiger partial charge in [0.25, 0.3) is 5.91 Å². The van der Waals surface area contributed by atoms with Crippen molar-refractivity contribution in [1.82, 2.24) is 15.4 Å². The first-order valence-electron chi connectivity index (χ1n) is 8.00. The van der Waals surface area contributed by atoms with E-state index in [0.29, 0.717) is 12.0 Å². The van der Waals surface area contributed by atoms with Crippen LogP contribution in [-0.4, -0.2) is 28.3 Å². The SMILES string of the molecule is O=C1C2CC(c3ccc(F)cc3)NN2C=NN1Cc1cccc(F)c1. The lowest BCUT2D eigenvalue weighted by molar-refractivity contribution is -0.137. The fraction of sp³-hybridized carbons (Fsp3) is 0.222. The van der Waals surface area contributed by atoms with Gasteiger partial charge in [-0.2, -0.15) is 5.10 Å². The molecule has 2 aromatic carbocycles. The first-order chi connectivity index (χ1) is 12.1. The first kappa shape index (κ1) is 15.7. The largest absolute Gasteiger partial charge is 0.283 e. The number of rotatable bonds is 3. The lowest BCUT2D eigenvalue weighted by atomic mass is 10.0. The number of hydrogen-bond acceptors (Lipinski definition) is 4. The average Bonchev–Trinajstić information content (AvgIpc) is 3.03. The first-order valence-corrected chi connectivity index (χ1v) is 8.00. The van der Waals surface area contributed by atoms with E-state index >= 15 is 0 Å². The molecule has 0 spiro atoms. The van der Waals surface area contributed by atoms with Crippen molar-refractivity contribution < 1.29 is 13.6 Å². The molecule has 2 unspecified atom stereocenters. The van der Waals surface area contributed by atoms with Gasteiger partial charge < -0.3 is 0 Å². The molecule has 25 heavy (non-hydrogen) atoms. The van der Waals surface area contributed by atoms with Gasteiger partial charge in [-0.3, -0.25) is 9.80 Å². The number of nitrogens with one attached hydrogen (secondary N) is 1. The molecule has 1 N–H and O–H groups in total. The predicted molar refractivity (Wildman–Crippen MR) is 88.0 cm³/mol. The topological polar surface area (TPSA) is 47.9 Å².